The van der Waals surface area contributed by atoms with Gasteiger partial charge in [-0.15, -0.1) is 11.3 Å². The number of benzene rings is 2. The van der Waals surface area contributed by atoms with E-state index in [9.17, 15) is 4.79 Å². The van der Waals surface area contributed by atoms with Gasteiger partial charge in [0.05, 0.1) is 22.1 Å². The summed E-state index contributed by atoms with van der Waals surface area (Å²) in [7, 11) is 0. The molecule has 1 saturated heterocycles. The van der Waals surface area contributed by atoms with Crippen molar-refractivity contribution < 1.29 is 9.53 Å². The van der Waals surface area contributed by atoms with Crippen molar-refractivity contribution in [2.24, 2.45) is 0 Å². The quantitative estimate of drug-likeness (QED) is 0.582. The molecule has 154 valence electrons. The second-order valence-electron chi connectivity index (χ2n) is 7.36. The van der Waals surface area contributed by atoms with Gasteiger partial charge >= 0.3 is 0 Å². The van der Waals surface area contributed by atoms with Gasteiger partial charge in [-0.2, -0.15) is 0 Å². The lowest BCUT2D eigenvalue weighted by Gasteiger charge is -2.36. The predicted octanol–water partition coefficient (Wildman–Crippen LogP) is 4.89. The molecule has 0 unspecified atom stereocenters. The Morgan fingerprint density at radius 1 is 0.933 bits per heavy atom. The summed E-state index contributed by atoms with van der Waals surface area (Å²) in [6, 6.07) is 20.0. The first-order chi connectivity index (χ1) is 14.7. The fourth-order valence-corrected chi connectivity index (χ4v) is 5.15. The molecule has 0 spiro atoms. The molecule has 0 saturated carbocycles. The van der Waals surface area contributed by atoms with Crippen LogP contribution in [0.3, 0.4) is 0 Å². The molecule has 1 fully saturated rings. The van der Waals surface area contributed by atoms with Crippen molar-refractivity contribution in [2.75, 3.05) is 49.1 Å². The van der Waals surface area contributed by atoms with Crippen LogP contribution in [0.2, 0.25) is 5.02 Å². The molecule has 7 heteroatoms. The number of amides is 1. The Hall–Kier alpha value is -2.70. The Bertz CT molecular complexity index is 1050. The second-order valence-corrected chi connectivity index (χ2v) is 8.86. The lowest BCUT2D eigenvalue weighted by molar-refractivity contribution is 0.0751. The first-order valence-corrected chi connectivity index (χ1v) is 11.3. The highest BCUT2D eigenvalue weighted by Gasteiger charge is 2.26. The number of anilines is 3. The van der Waals surface area contributed by atoms with Gasteiger partial charge in [0.15, 0.2) is 0 Å². The number of carbonyl (C=O) groups is 1. The lowest BCUT2D eigenvalue weighted by atomic mass is 10.2. The van der Waals surface area contributed by atoms with Crippen molar-refractivity contribution >= 4 is 45.2 Å². The van der Waals surface area contributed by atoms with Crippen LogP contribution in [0.4, 0.5) is 16.4 Å². The smallest absolute Gasteiger partial charge is 0.264 e. The van der Waals surface area contributed by atoms with Crippen molar-refractivity contribution in [1.29, 1.82) is 0 Å². The third-order valence-electron chi connectivity index (χ3n) is 5.54. The Labute approximate surface area is 185 Å². The molecule has 3 aromatic rings. The molecule has 30 heavy (non-hydrogen) atoms. The van der Waals surface area contributed by atoms with Crippen LogP contribution < -0.4 is 14.5 Å². The highest BCUT2D eigenvalue weighted by atomic mass is 35.5. The van der Waals surface area contributed by atoms with Crippen LogP contribution in [0, 0.1) is 0 Å². The summed E-state index contributed by atoms with van der Waals surface area (Å²) in [6.45, 7) is 4.51. The van der Waals surface area contributed by atoms with E-state index in [1.807, 2.05) is 41.3 Å². The predicted molar refractivity (Wildman–Crippen MR) is 123 cm³/mol. The zero-order chi connectivity index (χ0) is 20.5. The number of thiophene rings is 1. The van der Waals surface area contributed by atoms with Crippen LogP contribution in [-0.4, -0.2) is 50.1 Å². The number of halogens is 1. The Balaban J connectivity index is 1.29. The molecule has 0 radical (unpaired) electrons. The van der Waals surface area contributed by atoms with Gasteiger partial charge in [0, 0.05) is 36.9 Å². The third kappa shape index (κ3) is 3.73. The van der Waals surface area contributed by atoms with Gasteiger partial charge in [-0.25, -0.2) is 0 Å². The fraction of sp³-hybridized carbons (Fsp3) is 0.261. The van der Waals surface area contributed by atoms with E-state index in [2.05, 4.69) is 34.1 Å². The van der Waals surface area contributed by atoms with Gasteiger partial charge in [0.1, 0.15) is 12.4 Å². The molecule has 5 nitrogen and oxygen atoms in total. The van der Waals surface area contributed by atoms with E-state index >= 15 is 0 Å². The molecule has 0 N–H and O–H groups in total. The minimum atomic E-state index is 0.110. The van der Waals surface area contributed by atoms with Crippen molar-refractivity contribution in [3.8, 4) is 5.75 Å². The number of para-hydroxylation sites is 1. The number of fused-ring (bicyclic) bond motifs is 1. The van der Waals surface area contributed by atoms with Gasteiger partial charge in [0.2, 0.25) is 0 Å². The van der Waals surface area contributed by atoms with Gasteiger partial charge in [0.25, 0.3) is 5.91 Å². The summed E-state index contributed by atoms with van der Waals surface area (Å²) in [5, 5.41) is 1.71. The third-order valence-corrected chi connectivity index (χ3v) is 6.87. The average molecular weight is 440 g/mol. The topological polar surface area (TPSA) is 36.0 Å². The largest absolute Gasteiger partial charge is 0.490 e. The number of nitrogens with zero attached hydrogens (tertiary/aromatic N) is 3. The molecule has 2 aliphatic rings. The molecule has 5 rings (SSSR count). The summed E-state index contributed by atoms with van der Waals surface area (Å²) in [5.74, 6) is 0.933. The summed E-state index contributed by atoms with van der Waals surface area (Å²) in [6.07, 6.45) is 0. The number of piperazine rings is 1. The van der Waals surface area contributed by atoms with E-state index in [0.717, 1.165) is 54.0 Å². The highest BCUT2D eigenvalue weighted by Crippen LogP contribution is 2.41. The average Bonchev–Trinajstić information content (AvgIpc) is 3.29. The maximum Gasteiger partial charge on any atom is 0.264 e. The highest BCUT2D eigenvalue weighted by molar-refractivity contribution is 7.18. The van der Waals surface area contributed by atoms with Gasteiger partial charge in [-0.3, -0.25) is 4.79 Å². The van der Waals surface area contributed by atoms with E-state index < -0.39 is 0 Å². The van der Waals surface area contributed by atoms with Crippen molar-refractivity contribution in [2.45, 2.75) is 0 Å². The second kappa shape index (κ2) is 8.20. The zero-order valence-corrected chi connectivity index (χ0v) is 18.0. The molecule has 2 aliphatic heterocycles. The fourth-order valence-electron chi connectivity index (χ4n) is 3.97. The van der Waals surface area contributed by atoms with Gasteiger partial charge in [-0.1, -0.05) is 29.8 Å². The molecule has 2 aromatic carbocycles. The van der Waals surface area contributed by atoms with Crippen LogP contribution in [0.15, 0.2) is 60.7 Å². The zero-order valence-electron chi connectivity index (χ0n) is 16.5. The van der Waals surface area contributed by atoms with Crippen LogP contribution >= 0.6 is 22.9 Å². The number of rotatable bonds is 3. The molecule has 0 bridgehead atoms. The number of hydrogen-bond acceptors (Lipinski definition) is 5. The molecule has 3 heterocycles. The van der Waals surface area contributed by atoms with E-state index in [4.69, 9.17) is 16.3 Å². The molecule has 0 atom stereocenters. The number of ether oxygens (including phenoxy) is 1. The van der Waals surface area contributed by atoms with Crippen molar-refractivity contribution in [3.05, 3.63) is 70.6 Å². The lowest BCUT2D eigenvalue weighted by Crippen LogP contribution is -2.48. The van der Waals surface area contributed by atoms with Crippen molar-refractivity contribution in [3.63, 3.8) is 0 Å². The minimum Gasteiger partial charge on any atom is -0.490 e. The standard InChI is InChI=1S/C23H22ClN3O2S/c24-17-6-7-20-19(16-17)27(14-15-29-20)22-9-8-21(30-22)23(28)26-12-10-25(11-13-26)18-4-2-1-3-5-18/h1-9,16H,10-15H2. The Kier molecular flexibility index (Phi) is 5.27. The first kappa shape index (κ1) is 19.3. The van der Waals surface area contributed by atoms with E-state index in [0.29, 0.717) is 11.6 Å². The van der Waals surface area contributed by atoms with Crippen LogP contribution in [-0.2, 0) is 0 Å². The summed E-state index contributed by atoms with van der Waals surface area (Å²) in [4.78, 5) is 20.3. The minimum absolute atomic E-state index is 0.110. The van der Waals surface area contributed by atoms with Gasteiger partial charge in [-0.05, 0) is 42.5 Å². The normalized spacial score (nSPS) is 16.2. The SMILES string of the molecule is O=C(c1ccc(N2CCOc3ccc(Cl)cc32)s1)N1CCN(c2ccccc2)CC1. The van der Waals surface area contributed by atoms with E-state index in [1.54, 1.807) is 0 Å². The summed E-state index contributed by atoms with van der Waals surface area (Å²) >= 11 is 7.73. The molecular weight excluding hydrogens is 418 g/mol. The molecule has 1 amide bonds. The monoisotopic (exact) mass is 439 g/mol. The number of hydrogen-bond donors (Lipinski definition) is 0. The maximum atomic E-state index is 13.1. The van der Waals surface area contributed by atoms with Crippen LogP contribution in [0.1, 0.15) is 9.67 Å². The Morgan fingerprint density at radius 3 is 2.53 bits per heavy atom. The van der Waals surface area contributed by atoms with Crippen LogP contribution in [0.25, 0.3) is 0 Å². The molecule has 1 aromatic heterocycles. The molecule has 0 aliphatic carbocycles. The van der Waals surface area contributed by atoms with Gasteiger partial charge < -0.3 is 19.4 Å². The first-order valence-electron chi connectivity index (χ1n) is 10.1. The summed E-state index contributed by atoms with van der Waals surface area (Å²) in [5.41, 5.74) is 2.17. The van der Waals surface area contributed by atoms with Crippen LogP contribution in [0.5, 0.6) is 5.75 Å². The van der Waals surface area contributed by atoms with Crippen molar-refractivity contribution in [1.82, 2.24) is 4.90 Å². The maximum absolute atomic E-state index is 13.1. The van der Waals surface area contributed by atoms with E-state index in [-0.39, 0.29) is 5.91 Å². The Morgan fingerprint density at radius 2 is 1.73 bits per heavy atom. The summed E-state index contributed by atoms with van der Waals surface area (Å²) < 4.78 is 5.75. The van der Waals surface area contributed by atoms with E-state index in [1.165, 1.54) is 17.0 Å². The molecular formula is C23H22ClN3O2S. The number of carbonyl (C=O) groups excluding carboxylic acids is 1.